The van der Waals surface area contributed by atoms with Gasteiger partial charge in [-0.3, -0.25) is 19.8 Å². The maximum Gasteiger partial charge on any atom is 0.243 e. The molecular formula is C8H9N3O2S. The summed E-state index contributed by atoms with van der Waals surface area (Å²) in [7, 11) is 0. The van der Waals surface area contributed by atoms with Crippen LogP contribution < -0.4 is 5.32 Å². The maximum atomic E-state index is 11.4. The molecular weight excluding hydrogens is 202 g/mol. The number of carbonyl (C=O) groups is 2. The van der Waals surface area contributed by atoms with Crippen LogP contribution in [0.4, 0.5) is 0 Å². The Morgan fingerprint density at radius 1 is 1.43 bits per heavy atom. The summed E-state index contributed by atoms with van der Waals surface area (Å²) < 4.78 is 3.91. The standard InChI is InChI=1S/C8H9N3O2S/c12-7-3-9-4-8(13)11(7)5-6-1-2-10-14-6/h1-2,9H,3-5H2. The van der Waals surface area contributed by atoms with E-state index in [-0.39, 0.29) is 24.9 Å². The Morgan fingerprint density at radius 2 is 2.14 bits per heavy atom. The first-order valence-corrected chi connectivity index (χ1v) is 4.98. The summed E-state index contributed by atoms with van der Waals surface area (Å²) in [6.07, 6.45) is 1.66. The normalized spacial score (nSPS) is 17.6. The SMILES string of the molecule is O=C1CNCC(=O)N1Cc1ccns1. The van der Waals surface area contributed by atoms with E-state index in [0.29, 0.717) is 6.54 Å². The fourth-order valence-corrected chi connectivity index (χ4v) is 1.83. The molecule has 6 heteroatoms. The number of rotatable bonds is 2. The molecule has 0 aliphatic carbocycles. The van der Waals surface area contributed by atoms with Crippen LogP contribution in [0, 0.1) is 0 Å². The topological polar surface area (TPSA) is 62.3 Å². The summed E-state index contributed by atoms with van der Waals surface area (Å²) in [6.45, 7) is 0.832. The molecule has 0 unspecified atom stereocenters. The van der Waals surface area contributed by atoms with Gasteiger partial charge in [-0.05, 0) is 17.6 Å². The lowest BCUT2D eigenvalue weighted by Gasteiger charge is -2.24. The number of carbonyl (C=O) groups excluding carboxylic acids is 2. The Kier molecular flexibility index (Phi) is 2.55. The molecule has 1 aromatic heterocycles. The highest BCUT2D eigenvalue weighted by atomic mass is 32.1. The van der Waals surface area contributed by atoms with Crippen molar-refractivity contribution in [3.05, 3.63) is 17.1 Å². The van der Waals surface area contributed by atoms with E-state index >= 15 is 0 Å². The van der Waals surface area contributed by atoms with E-state index in [9.17, 15) is 9.59 Å². The van der Waals surface area contributed by atoms with Crippen LogP contribution in [-0.4, -0.2) is 34.2 Å². The summed E-state index contributed by atoms with van der Waals surface area (Å²) in [5, 5.41) is 2.74. The van der Waals surface area contributed by atoms with Gasteiger partial charge >= 0.3 is 0 Å². The van der Waals surface area contributed by atoms with Crippen LogP contribution in [0.1, 0.15) is 4.88 Å². The Bertz CT molecular complexity index is 333. The van der Waals surface area contributed by atoms with Crippen molar-refractivity contribution in [2.45, 2.75) is 6.54 Å². The van der Waals surface area contributed by atoms with E-state index < -0.39 is 0 Å². The Morgan fingerprint density at radius 3 is 2.71 bits per heavy atom. The molecule has 2 rings (SSSR count). The van der Waals surface area contributed by atoms with Gasteiger partial charge in [-0.15, -0.1) is 0 Å². The third kappa shape index (κ3) is 1.80. The highest BCUT2D eigenvalue weighted by Crippen LogP contribution is 2.10. The number of hydrogen-bond donors (Lipinski definition) is 1. The number of aromatic nitrogens is 1. The lowest BCUT2D eigenvalue weighted by Crippen LogP contribution is -2.51. The molecule has 0 atom stereocenters. The van der Waals surface area contributed by atoms with Crippen molar-refractivity contribution >= 4 is 23.3 Å². The van der Waals surface area contributed by atoms with Crippen LogP contribution in [0.3, 0.4) is 0 Å². The van der Waals surface area contributed by atoms with Gasteiger partial charge in [0, 0.05) is 11.1 Å². The van der Waals surface area contributed by atoms with Crippen molar-refractivity contribution in [1.29, 1.82) is 0 Å². The Labute approximate surface area is 84.9 Å². The van der Waals surface area contributed by atoms with E-state index in [4.69, 9.17) is 0 Å². The molecule has 1 aliphatic rings. The lowest BCUT2D eigenvalue weighted by atomic mass is 10.3. The predicted octanol–water partition coefficient (Wildman–Crippen LogP) is -0.398. The minimum atomic E-state index is -0.172. The van der Waals surface area contributed by atoms with E-state index in [0.717, 1.165) is 4.88 Å². The minimum absolute atomic E-state index is 0.172. The van der Waals surface area contributed by atoms with Gasteiger partial charge in [0.1, 0.15) is 0 Å². The average molecular weight is 211 g/mol. The smallest absolute Gasteiger partial charge is 0.243 e. The molecule has 2 amide bonds. The van der Waals surface area contributed by atoms with Gasteiger partial charge in [-0.1, -0.05) is 0 Å². The first-order valence-electron chi connectivity index (χ1n) is 4.21. The van der Waals surface area contributed by atoms with Gasteiger partial charge in [0.25, 0.3) is 0 Å². The number of nitrogens with zero attached hydrogens (tertiary/aromatic N) is 2. The van der Waals surface area contributed by atoms with Gasteiger partial charge in [-0.25, -0.2) is 4.37 Å². The lowest BCUT2D eigenvalue weighted by molar-refractivity contribution is -0.147. The van der Waals surface area contributed by atoms with Gasteiger partial charge in [0.2, 0.25) is 11.8 Å². The quantitative estimate of drug-likeness (QED) is 0.676. The summed E-state index contributed by atoms with van der Waals surface area (Å²) in [5.41, 5.74) is 0. The third-order valence-corrected chi connectivity index (χ3v) is 2.69. The second-order valence-electron chi connectivity index (χ2n) is 2.96. The molecule has 0 saturated carbocycles. The first-order chi connectivity index (χ1) is 6.77. The van der Waals surface area contributed by atoms with Crippen LogP contribution >= 0.6 is 11.5 Å². The Balaban J connectivity index is 2.08. The molecule has 0 spiro atoms. The van der Waals surface area contributed by atoms with Crippen molar-refractivity contribution in [3.8, 4) is 0 Å². The van der Waals surface area contributed by atoms with Crippen molar-refractivity contribution in [1.82, 2.24) is 14.6 Å². The molecule has 74 valence electrons. The zero-order valence-corrected chi connectivity index (χ0v) is 8.21. The largest absolute Gasteiger partial charge is 0.300 e. The molecule has 1 N–H and O–H groups in total. The number of piperazine rings is 1. The second-order valence-corrected chi connectivity index (χ2v) is 3.87. The van der Waals surface area contributed by atoms with E-state index in [1.165, 1.54) is 16.4 Å². The van der Waals surface area contributed by atoms with Crippen LogP contribution in [0.5, 0.6) is 0 Å². The highest BCUT2D eigenvalue weighted by molar-refractivity contribution is 7.05. The zero-order chi connectivity index (χ0) is 9.97. The molecule has 1 fully saturated rings. The van der Waals surface area contributed by atoms with Crippen molar-refractivity contribution < 1.29 is 9.59 Å². The summed E-state index contributed by atoms with van der Waals surface area (Å²) in [6, 6.07) is 1.81. The fourth-order valence-electron chi connectivity index (χ4n) is 1.26. The summed E-state index contributed by atoms with van der Waals surface area (Å²) in [4.78, 5) is 24.9. The van der Waals surface area contributed by atoms with Gasteiger partial charge < -0.3 is 0 Å². The van der Waals surface area contributed by atoms with Gasteiger partial charge in [0.15, 0.2) is 0 Å². The molecule has 0 aromatic carbocycles. The third-order valence-electron chi connectivity index (χ3n) is 1.96. The number of amides is 2. The Hall–Kier alpha value is -1.27. The van der Waals surface area contributed by atoms with Gasteiger partial charge in [0.05, 0.1) is 19.6 Å². The molecule has 5 nitrogen and oxygen atoms in total. The van der Waals surface area contributed by atoms with Crippen LogP contribution in [0.2, 0.25) is 0 Å². The van der Waals surface area contributed by atoms with Crippen molar-refractivity contribution in [2.24, 2.45) is 0 Å². The van der Waals surface area contributed by atoms with E-state index in [1.54, 1.807) is 6.20 Å². The predicted molar refractivity (Wildman–Crippen MR) is 50.5 cm³/mol. The van der Waals surface area contributed by atoms with Crippen LogP contribution in [0.25, 0.3) is 0 Å². The van der Waals surface area contributed by atoms with Crippen LogP contribution in [-0.2, 0) is 16.1 Å². The number of nitrogens with one attached hydrogen (secondary N) is 1. The molecule has 0 bridgehead atoms. The highest BCUT2D eigenvalue weighted by Gasteiger charge is 2.25. The number of imide groups is 1. The van der Waals surface area contributed by atoms with Crippen LogP contribution in [0.15, 0.2) is 12.3 Å². The average Bonchev–Trinajstić information content (AvgIpc) is 2.64. The van der Waals surface area contributed by atoms with Gasteiger partial charge in [-0.2, -0.15) is 0 Å². The summed E-state index contributed by atoms with van der Waals surface area (Å²) in [5.74, 6) is -0.343. The maximum absolute atomic E-state index is 11.4. The van der Waals surface area contributed by atoms with Crippen molar-refractivity contribution in [2.75, 3.05) is 13.1 Å². The van der Waals surface area contributed by atoms with E-state index in [2.05, 4.69) is 9.69 Å². The molecule has 2 heterocycles. The molecule has 1 saturated heterocycles. The minimum Gasteiger partial charge on any atom is -0.300 e. The number of hydrogen-bond acceptors (Lipinski definition) is 5. The van der Waals surface area contributed by atoms with E-state index in [1.807, 2.05) is 6.07 Å². The summed E-state index contributed by atoms with van der Waals surface area (Å²) >= 11 is 1.30. The van der Waals surface area contributed by atoms with Crippen molar-refractivity contribution in [3.63, 3.8) is 0 Å². The monoisotopic (exact) mass is 211 g/mol. The molecule has 0 radical (unpaired) electrons. The second kappa shape index (κ2) is 3.85. The first kappa shape index (κ1) is 9.29. The zero-order valence-electron chi connectivity index (χ0n) is 7.40. The fraction of sp³-hybridized carbons (Fsp3) is 0.375. The molecule has 1 aromatic rings. The molecule has 1 aliphatic heterocycles. The molecule has 14 heavy (non-hydrogen) atoms.